The molecule has 0 saturated carbocycles. The molecule has 0 radical (unpaired) electrons. The van der Waals surface area contributed by atoms with Crippen molar-refractivity contribution < 1.29 is 14.3 Å². The molecule has 0 unspecified atom stereocenters. The molecular formula is C24H33N3O3. The summed E-state index contributed by atoms with van der Waals surface area (Å²) in [5.74, 6) is 1.58. The highest BCUT2D eigenvalue weighted by Crippen LogP contribution is 2.22. The van der Waals surface area contributed by atoms with Gasteiger partial charge in [-0.15, -0.1) is 0 Å². The second-order valence-corrected chi connectivity index (χ2v) is 7.52. The highest BCUT2D eigenvalue weighted by molar-refractivity contribution is 5.74. The second-order valence-electron chi connectivity index (χ2n) is 7.52. The van der Waals surface area contributed by atoms with Crippen LogP contribution in [0.4, 0.5) is 4.79 Å². The molecule has 6 heteroatoms. The number of unbranched alkanes of at least 4 members (excludes halogenated alkanes) is 1. The zero-order chi connectivity index (χ0) is 21.0. The van der Waals surface area contributed by atoms with Gasteiger partial charge in [0.2, 0.25) is 0 Å². The van der Waals surface area contributed by atoms with Gasteiger partial charge < -0.3 is 19.7 Å². The minimum Gasteiger partial charge on any atom is -0.457 e. The molecule has 0 aliphatic carbocycles. The van der Waals surface area contributed by atoms with E-state index in [1.807, 2.05) is 59.5 Å². The van der Waals surface area contributed by atoms with Crippen molar-refractivity contribution >= 4 is 6.03 Å². The van der Waals surface area contributed by atoms with Crippen LogP contribution >= 0.6 is 0 Å². The zero-order valence-electron chi connectivity index (χ0n) is 17.9. The smallest absolute Gasteiger partial charge is 0.317 e. The number of rotatable bonds is 10. The van der Waals surface area contributed by atoms with E-state index in [-0.39, 0.29) is 6.03 Å². The van der Waals surface area contributed by atoms with Crippen LogP contribution in [0.5, 0.6) is 11.5 Å². The number of hydrogen-bond acceptors (Lipinski definition) is 4. The van der Waals surface area contributed by atoms with Gasteiger partial charge in [0.05, 0.1) is 13.2 Å². The monoisotopic (exact) mass is 411 g/mol. The minimum absolute atomic E-state index is 0.00825. The Morgan fingerprint density at radius 2 is 1.87 bits per heavy atom. The maximum Gasteiger partial charge on any atom is 0.317 e. The highest BCUT2D eigenvalue weighted by atomic mass is 16.5. The molecule has 0 aromatic heterocycles. The SMILES string of the molecule is CCCCNC(=O)N(CCN1CCOCC1)Cc1cccc(Oc2ccccc2)c1. The molecule has 0 spiro atoms. The first-order valence-corrected chi connectivity index (χ1v) is 10.9. The molecule has 30 heavy (non-hydrogen) atoms. The van der Waals surface area contributed by atoms with Crippen LogP contribution in [-0.2, 0) is 11.3 Å². The van der Waals surface area contributed by atoms with Gasteiger partial charge in [-0.05, 0) is 36.2 Å². The molecule has 1 fully saturated rings. The summed E-state index contributed by atoms with van der Waals surface area (Å²) in [4.78, 5) is 17.1. The molecule has 1 aliphatic heterocycles. The van der Waals surface area contributed by atoms with E-state index in [9.17, 15) is 4.79 Å². The summed E-state index contributed by atoms with van der Waals surface area (Å²) in [6, 6.07) is 17.7. The average Bonchev–Trinajstić information content (AvgIpc) is 2.78. The van der Waals surface area contributed by atoms with Crippen molar-refractivity contribution in [2.75, 3.05) is 45.9 Å². The Morgan fingerprint density at radius 1 is 1.10 bits per heavy atom. The van der Waals surface area contributed by atoms with E-state index in [2.05, 4.69) is 17.1 Å². The molecule has 1 saturated heterocycles. The molecule has 0 bridgehead atoms. The lowest BCUT2D eigenvalue weighted by atomic mass is 10.2. The summed E-state index contributed by atoms with van der Waals surface area (Å²) < 4.78 is 11.4. The third-order valence-corrected chi connectivity index (χ3v) is 5.13. The van der Waals surface area contributed by atoms with Gasteiger partial charge in [0.25, 0.3) is 0 Å². The summed E-state index contributed by atoms with van der Waals surface area (Å²) in [5.41, 5.74) is 1.05. The number of para-hydroxylation sites is 1. The summed E-state index contributed by atoms with van der Waals surface area (Å²) in [6.45, 7) is 8.29. The molecule has 2 aromatic carbocycles. The van der Waals surface area contributed by atoms with Crippen molar-refractivity contribution in [1.82, 2.24) is 15.1 Å². The number of hydrogen-bond donors (Lipinski definition) is 1. The van der Waals surface area contributed by atoms with Gasteiger partial charge in [-0.3, -0.25) is 4.90 Å². The minimum atomic E-state index is -0.00825. The van der Waals surface area contributed by atoms with E-state index in [0.717, 1.165) is 62.8 Å². The van der Waals surface area contributed by atoms with Crippen molar-refractivity contribution in [1.29, 1.82) is 0 Å². The van der Waals surface area contributed by atoms with Gasteiger partial charge in [0, 0.05) is 39.3 Å². The molecule has 6 nitrogen and oxygen atoms in total. The summed E-state index contributed by atoms with van der Waals surface area (Å²) in [5, 5.41) is 3.06. The third kappa shape index (κ3) is 7.35. The lowest BCUT2D eigenvalue weighted by Gasteiger charge is -2.30. The maximum atomic E-state index is 12.8. The number of nitrogens with zero attached hydrogens (tertiary/aromatic N) is 2. The van der Waals surface area contributed by atoms with Crippen LogP contribution in [0.25, 0.3) is 0 Å². The molecule has 2 amide bonds. The molecule has 1 aliphatic rings. The van der Waals surface area contributed by atoms with E-state index in [0.29, 0.717) is 19.6 Å². The Kier molecular flexibility index (Phi) is 9.00. The number of urea groups is 1. The van der Waals surface area contributed by atoms with Crippen molar-refractivity contribution in [3.63, 3.8) is 0 Å². The predicted molar refractivity (Wildman–Crippen MR) is 119 cm³/mol. The molecule has 162 valence electrons. The molecule has 2 aromatic rings. The fraction of sp³-hybridized carbons (Fsp3) is 0.458. The Balaban J connectivity index is 1.63. The number of morpholine rings is 1. The largest absolute Gasteiger partial charge is 0.457 e. The first-order chi connectivity index (χ1) is 14.7. The first kappa shape index (κ1) is 22.1. The number of ether oxygens (including phenoxy) is 2. The van der Waals surface area contributed by atoms with Gasteiger partial charge in [0.1, 0.15) is 11.5 Å². The summed E-state index contributed by atoms with van der Waals surface area (Å²) in [7, 11) is 0. The van der Waals surface area contributed by atoms with Crippen LogP contribution in [0, 0.1) is 0 Å². The molecular weight excluding hydrogens is 378 g/mol. The van der Waals surface area contributed by atoms with Gasteiger partial charge in [-0.1, -0.05) is 43.7 Å². The van der Waals surface area contributed by atoms with Crippen LogP contribution < -0.4 is 10.1 Å². The van der Waals surface area contributed by atoms with Gasteiger partial charge in [-0.25, -0.2) is 4.79 Å². The number of benzene rings is 2. The quantitative estimate of drug-likeness (QED) is 0.598. The standard InChI is InChI=1S/C24H33N3O3/c1-2-3-12-25-24(28)27(14-13-26-15-17-29-18-16-26)20-21-8-7-11-23(19-21)30-22-9-5-4-6-10-22/h4-11,19H,2-3,12-18,20H2,1H3,(H,25,28). The Bertz CT molecular complexity index is 763. The van der Waals surface area contributed by atoms with Crippen molar-refractivity contribution in [2.24, 2.45) is 0 Å². The first-order valence-electron chi connectivity index (χ1n) is 10.9. The Labute approximate surface area is 179 Å². The number of nitrogens with one attached hydrogen (secondary N) is 1. The number of amides is 2. The summed E-state index contributed by atoms with van der Waals surface area (Å²) >= 11 is 0. The van der Waals surface area contributed by atoms with Crippen LogP contribution in [0.1, 0.15) is 25.3 Å². The predicted octanol–water partition coefficient (Wildman–Crippen LogP) is 4.12. The fourth-order valence-electron chi connectivity index (χ4n) is 3.38. The van der Waals surface area contributed by atoms with Crippen LogP contribution in [0.15, 0.2) is 54.6 Å². The molecule has 0 atom stereocenters. The van der Waals surface area contributed by atoms with Crippen LogP contribution in [0.2, 0.25) is 0 Å². The van der Waals surface area contributed by atoms with E-state index in [1.54, 1.807) is 0 Å². The van der Waals surface area contributed by atoms with Crippen molar-refractivity contribution in [3.8, 4) is 11.5 Å². The third-order valence-electron chi connectivity index (χ3n) is 5.13. The topological polar surface area (TPSA) is 54.0 Å². The van der Waals surface area contributed by atoms with E-state index >= 15 is 0 Å². The Hall–Kier alpha value is -2.57. The molecule has 3 rings (SSSR count). The highest BCUT2D eigenvalue weighted by Gasteiger charge is 2.17. The summed E-state index contributed by atoms with van der Waals surface area (Å²) in [6.07, 6.45) is 2.05. The van der Waals surface area contributed by atoms with Crippen molar-refractivity contribution in [2.45, 2.75) is 26.3 Å². The van der Waals surface area contributed by atoms with Gasteiger partial charge in [0.15, 0.2) is 0 Å². The zero-order valence-corrected chi connectivity index (χ0v) is 17.9. The molecule has 1 N–H and O–H groups in total. The maximum absolute atomic E-state index is 12.8. The number of carbonyl (C=O) groups excluding carboxylic acids is 1. The number of carbonyl (C=O) groups is 1. The van der Waals surface area contributed by atoms with E-state index in [4.69, 9.17) is 9.47 Å². The Morgan fingerprint density at radius 3 is 2.63 bits per heavy atom. The van der Waals surface area contributed by atoms with E-state index < -0.39 is 0 Å². The van der Waals surface area contributed by atoms with Crippen LogP contribution in [0.3, 0.4) is 0 Å². The second kappa shape index (κ2) is 12.2. The normalized spacial score (nSPS) is 14.3. The fourth-order valence-corrected chi connectivity index (χ4v) is 3.38. The van der Waals surface area contributed by atoms with Crippen molar-refractivity contribution in [3.05, 3.63) is 60.2 Å². The average molecular weight is 412 g/mol. The molecule has 1 heterocycles. The van der Waals surface area contributed by atoms with Crippen LogP contribution in [-0.4, -0.2) is 61.8 Å². The lowest BCUT2D eigenvalue weighted by Crippen LogP contribution is -2.46. The lowest BCUT2D eigenvalue weighted by molar-refractivity contribution is 0.0346. The van der Waals surface area contributed by atoms with Gasteiger partial charge in [-0.2, -0.15) is 0 Å². The van der Waals surface area contributed by atoms with Gasteiger partial charge >= 0.3 is 6.03 Å². The van der Waals surface area contributed by atoms with E-state index in [1.165, 1.54) is 0 Å².